The third kappa shape index (κ3) is 3.65. The van der Waals surface area contributed by atoms with Crippen LogP contribution in [0.25, 0.3) is 33.5 Å². The van der Waals surface area contributed by atoms with Gasteiger partial charge in [-0.2, -0.15) is 5.10 Å². The molecule has 1 aromatic carbocycles. The van der Waals surface area contributed by atoms with E-state index in [1.54, 1.807) is 18.5 Å². The third-order valence-electron chi connectivity index (χ3n) is 5.37. The molecule has 3 aromatic heterocycles. The zero-order chi connectivity index (χ0) is 21.8. The lowest BCUT2D eigenvalue weighted by Crippen LogP contribution is -2.44. The molecule has 3 N–H and O–H groups in total. The van der Waals surface area contributed by atoms with Gasteiger partial charge in [0.2, 0.25) is 0 Å². The number of aromatic nitrogens is 5. The highest BCUT2D eigenvalue weighted by Crippen LogP contribution is 2.29. The van der Waals surface area contributed by atoms with E-state index >= 15 is 0 Å². The highest BCUT2D eigenvalue weighted by molar-refractivity contribution is 6.05. The molecule has 31 heavy (non-hydrogen) atoms. The highest BCUT2D eigenvalue weighted by Gasteiger charge is 2.23. The average molecular weight is 421 g/mol. The minimum atomic E-state index is -0.374. The molecule has 0 saturated carbocycles. The lowest BCUT2D eigenvalue weighted by Gasteiger charge is -2.27. The summed E-state index contributed by atoms with van der Waals surface area (Å²) in [6.07, 6.45) is 3.25. The van der Waals surface area contributed by atoms with Gasteiger partial charge in [-0.25, -0.2) is 14.4 Å². The summed E-state index contributed by atoms with van der Waals surface area (Å²) < 4.78 is 15.8. The fraction of sp³-hybridized carbons (Fsp3) is 0.364. The summed E-state index contributed by atoms with van der Waals surface area (Å²) in [4.78, 5) is 24.9. The molecule has 1 fully saturated rings. The van der Waals surface area contributed by atoms with Crippen molar-refractivity contribution in [2.45, 2.75) is 32.9 Å². The van der Waals surface area contributed by atoms with E-state index in [4.69, 9.17) is 10.1 Å². The summed E-state index contributed by atoms with van der Waals surface area (Å²) in [5.74, 6) is -0.0643. The molecule has 0 unspecified atom stereocenters. The van der Waals surface area contributed by atoms with Crippen molar-refractivity contribution in [2.75, 3.05) is 13.1 Å². The maximum Gasteiger partial charge on any atom is 0.255 e. The van der Waals surface area contributed by atoms with Gasteiger partial charge < -0.3 is 15.6 Å². The Labute approximate surface area is 178 Å². The van der Waals surface area contributed by atoms with Gasteiger partial charge in [0.25, 0.3) is 5.91 Å². The number of amides is 1. The fourth-order valence-corrected chi connectivity index (χ4v) is 3.78. The maximum absolute atomic E-state index is 14.0. The number of hydrogen-bond acceptors (Lipinski definition) is 5. The number of carbonyl (C=O) groups excluding carboxylic acids is 1. The van der Waals surface area contributed by atoms with Crippen molar-refractivity contribution >= 4 is 28.0 Å². The van der Waals surface area contributed by atoms with Crippen LogP contribution in [-0.2, 0) is 6.54 Å². The molecule has 1 saturated heterocycles. The summed E-state index contributed by atoms with van der Waals surface area (Å²) in [6, 6.07) is 4.65. The molecular weight excluding hydrogens is 397 g/mol. The van der Waals surface area contributed by atoms with Gasteiger partial charge in [-0.1, -0.05) is 0 Å². The number of fused-ring (bicyclic) bond motifs is 2. The number of hydrogen-bond donors (Lipinski definition) is 3. The minimum Gasteiger partial charge on any atom is -0.347 e. The summed E-state index contributed by atoms with van der Waals surface area (Å²) in [5, 5.41) is 11.8. The van der Waals surface area contributed by atoms with Crippen LogP contribution >= 0.6 is 0 Å². The topological polar surface area (TPSA) is 101 Å². The smallest absolute Gasteiger partial charge is 0.255 e. The minimum absolute atomic E-state index is 0.222. The average Bonchev–Trinajstić information content (AvgIpc) is 3.24. The third-order valence-corrected chi connectivity index (χ3v) is 5.37. The number of H-pyrrole nitrogens is 1. The molecule has 0 aliphatic carbocycles. The summed E-state index contributed by atoms with van der Waals surface area (Å²) in [7, 11) is 0. The van der Waals surface area contributed by atoms with Crippen LogP contribution in [0.2, 0.25) is 0 Å². The first-order valence-corrected chi connectivity index (χ1v) is 10.3. The number of aromatic amines is 1. The van der Waals surface area contributed by atoms with Gasteiger partial charge in [-0.3, -0.25) is 9.48 Å². The van der Waals surface area contributed by atoms with Crippen molar-refractivity contribution in [1.82, 2.24) is 35.4 Å². The van der Waals surface area contributed by atoms with Gasteiger partial charge in [0, 0.05) is 42.7 Å². The van der Waals surface area contributed by atoms with E-state index in [2.05, 4.69) is 20.6 Å². The molecule has 8 nitrogen and oxygen atoms in total. The molecule has 1 aliphatic heterocycles. The molecule has 0 bridgehead atoms. The molecule has 1 amide bonds. The number of halogens is 1. The van der Waals surface area contributed by atoms with E-state index in [9.17, 15) is 9.18 Å². The normalized spacial score (nSPS) is 14.8. The number of benzene rings is 1. The predicted octanol–water partition coefficient (Wildman–Crippen LogP) is 2.86. The van der Waals surface area contributed by atoms with Crippen molar-refractivity contribution in [3.8, 4) is 11.4 Å². The Morgan fingerprint density at radius 3 is 2.84 bits per heavy atom. The SMILES string of the molecule is CC(C)(C)NC(=O)c1c[nH]c2ncc(-c3nn(CC4CNC4)c4cc(F)ccc34)nc12. The van der Waals surface area contributed by atoms with Crippen molar-refractivity contribution in [3.05, 3.63) is 42.0 Å². The second-order valence-electron chi connectivity index (χ2n) is 9.08. The Bertz CT molecular complexity index is 1300. The van der Waals surface area contributed by atoms with Gasteiger partial charge in [0.05, 0.1) is 17.3 Å². The van der Waals surface area contributed by atoms with Gasteiger partial charge >= 0.3 is 0 Å². The molecule has 0 atom stereocenters. The van der Waals surface area contributed by atoms with E-state index in [1.165, 1.54) is 12.1 Å². The number of rotatable bonds is 4. The van der Waals surface area contributed by atoms with Crippen molar-refractivity contribution in [1.29, 1.82) is 0 Å². The Kier molecular flexibility index (Phi) is 4.51. The largest absolute Gasteiger partial charge is 0.347 e. The zero-order valence-electron chi connectivity index (χ0n) is 17.7. The second-order valence-corrected chi connectivity index (χ2v) is 9.08. The maximum atomic E-state index is 14.0. The number of nitrogens with zero attached hydrogens (tertiary/aromatic N) is 4. The van der Waals surface area contributed by atoms with Crippen LogP contribution in [0.5, 0.6) is 0 Å². The Morgan fingerprint density at radius 2 is 2.13 bits per heavy atom. The van der Waals surface area contributed by atoms with E-state index in [0.29, 0.717) is 40.6 Å². The predicted molar refractivity (Wildman–Crippen MR) is 116 cm³/mol. The Hall–Kier alpha value is -3.33. The molecule has 160 valence electrons. The van der Waals surface area contributed by atoms with Crippen LogP contribution in [0, 0.1) is 11.7 Å². The lowest BCUT2D eigenvalue weighted by molar-refractivity contribution is 0.0921. The van der Waals surface area contributed by atoms with Crippen LogP contribution < -0.4 is 10.6 Å². The fourth-order valence-electron chi connectivity index (χ4n) is 3.78. The van der Waals surface area contributed by atoms with Crippen molar-refractivity contribution < 1.29 is 9.18 Å². The molecule has 4 aromatic rings. The van der Waals surface area contributed by atoms with Crippen LogP contribution in [-0.4, -0.2) is 49.3 Å². The Balaban J connectivity index is 1.60. The first kappa shape index (κ1) is 19.6. The van der Waals surface area contributed by atoms with Gasteiger partial charge in [-0.05, 0) is 39.0 Å². The summed E-state index contributed by atoms with van der Waals surface area (Å²) >= 11 is 0. The molecular formula is C22H24FN7O. The van der Waals surface area contributed by atoms with E-state index in [0.717, 1.165) is 24.0 Å². The summed E-state index contributed by atoms with van der Waals surface area (Å²) in [5.41, 5.74) is 2.95. The monoisotopic (exact) mass is 421 g/mol. The van der Waals surface area contributed by atoms with Crippen LogP contribution in [0.1, 0.15) is 31.1 Å². The molecule has 1 aliphatic rings. The quantitative estimate of drug-likeness (QED) is 0.470. The van der Waals surface area contributed by atoms with E-state index in [-0.39, 0.29) is 17.3 Å². The molecule has 0 radical (unpaired) electrons. The standard InChI is InChI=1S/C22H24FN7O/c1-22(2,3)28-21(31)15-9-25-20-19(15)27-16(10-26-20)18-14-5-4-13(23)6-17(14)30(29-18)11-12-7-24-8-12/h4-6,9-10,12,24H,7-8,11H2,1-3H3,(H,25,26)(H,28,31). The van der Waals surface area contributed by atoms with Crippen molar-refractivity contribution in [3.63, 3.8) is 0 Å². The second kappa shape index (κ2) is 7.12. The first-order valence-electron chi connectivity index (χ1n) is 10.3. The lowest BCUT2D eigenvalue weighted by atomic mass is 10.0. The van der Waals surface area contributed by atoms with Crippen LogP contribution in [0.15, 0.2) is 30.6 Å². The van der Waals surface area contributed by atoms with E-state index < -0.39 is 0 Å². The first-order chi connectivity index (χ1) is 14.8. The van der Waals surface area contributed by atoms with Gasteiger partial charge in [-0.15, -0.1) is 0 Å². The zero-order valence-corrected chi connectivity index (χ0v) is 17.7. The molecule has 9 heteroatoms. The summed E-state index contributed by atoms with van der Waals surface area (Å²) in [6.45, 7) is 8.32. The van der Waals surface area contributed by atoms with Gasteiger partial charge in [0.1, 0.15) is 22.7 Å². The van der Waals surface area contributed by atoms with Gasteiger partial charge in [0.15, 0.2) is 5.65 Å². The molecule has 0 spiro atoms. The Morgan fingerprint density at radius 1 is 1.32 bits per heavy atom. The number of nitrogens with one attached hydrogen (secondary N) is 3. The molecule has 4 heterocycles. The van der Waals surface area contributed by atoms with Crippen LogP contribution in [0.4, 0.5) is 4.39 Å². The molecule has 5 rings (SSSR count). The number of carbonyl (C=O) groups is 1. The van der Waals surface area contributed by atoms with Crippen molar-refractivity contribution in [2.24, 2.45) is 5.92 Å². The van der Waals surface area contributed by atoms with Crippen LogP contribution in [0.3, 0.4) is 0 Å². The highest BCUT2D eigenvalue weighted by atomic mass is 19.1. The van der Waals surface area contributed by atoms with E-state index in [1.807, 2.05) is 25.5 Å².